The Morgan fingerprint density at radius 3 is 2.62 bits per heavy atom. The fourth-order valence-corrected chi connectivity index (χ4v) is 4.00. The molecule has 0 atom stereocenters. The van der Waals surface area contributed by atoms with Gasteiger partial charge in [-0.2, -0.15) is 0 Å². The van der Waals surface area contributed by atoms with Gasteiger partial charge in [0.1, 0.15) is 0 Å². The van der Waals surface area contributed by atoms with Crippen LogP contribution in [0, 0.1) is 0 Å². The summed E-state index contributed by atoms with van der Waals surface area (Å²) >= 11 is 19.6. The van der Waals surface area contributed by atoms with Crippen molar-refractivity contribution in [3.8, 4) is 0 Å². The fourth-order valence-electron chi connectivity index (χ4n) is 2.55. The molecule has 29 heavy (non-hydrogen) atoms. The number of aromatic nitrogens is 3. The summed E-state index contributed by atoms with van der Waals surface area (Å²) in [4.78, 5) is 12.4. The number of halogens is 3. The Labute approximate surface area is 188 Å². The lowest BCUT2D eigenvalue weighted by molar-refractivity contribution is 0.0949. The van der Waals surface area contributed by atoms with Crippen molar-refractivity contribution in [3.63, 3.8) is 0 Å². The zero-order valence-electron chi connectivity index (χ0n) is 15.2. The van der Waals surface area contributed by atoms with E-state index in [1.54, 1.807) is 36.4 Å². The van der Waals surface area contributed by atoms with Gasteiger partial charge in [-0.1, -0.05) is 70.8 Å². The highest BCUT2D eigenvalue weighted by Crippen LogP contribution is 2.27. The van der Waals surface area contributed by atoms with Crippen LogP contribution in [0.4, 0.5) is 0 Å². The van der Waals surface area contributed by atoms with Crippen molar-refractivity contribution in [2.24, 2.45) is 0 Å². The number of nitrogens with one attached hydrogen (secondary N) is 1. The van der Waals surface area contributed by atoms with Crippen molar-refractivity contribution in [2.45, 2.75) is 24.0 Å². The standard InChI is InChI=1S/C20H17Cl3N4OS/c1-2-9-27-18(11-24-19(28)14-5-3-4-6-15(14)21)25-26-20(27)29-12-13-7-8-16(22)17(23)10-13/h2-8,10H,1,9,11-12H2,(H,24,28). The van der Waals surface area contributed by atoms with Crippen molar-refractivity contribution >= 4 is 52.5 Å². The second kappa shape index (κ2) is 10.2. The largest absolute Gasteiger partial charge is 0.345 e. The Morgan fingerprint density at radius 1 is 1.10 bits per heavy atom. The van der Waals surface area contributed by atoms with E-state index in [1.165, 1.54) is 11.8 Å². The Bertz CT molecular complexity index is 1040. The molecule has 0 unspecified atom stereocenters. The quantitative estimate of drug-likeness (QED) is 0.344. The molecule has 1 aromatic heterocycles. The summed E-state index contributed by atoms with van der Waals surface area (Å²) in [6.07, 6.45) is 1.76. The minimum atomic E-state index is -0.270. The molecule has 5 nitrogen and oxygen atoms in total. The van der Waals surface area contributed by atoms with Crippen LogP contribution in [-0.2, 0) is 18.8 Å². The predicted octanol–water partition coefficient (Wildman–Crippen LogP) is 5.65. The summed E-state index contributed by atoms with van der Waals surface area (Å²) in [5.41, 5.74) is 1.43. The molecule has 3 rings (SSSR count). The molecule has 2 aromatic carbocycles. The molecule has 0 radical (unpaired) electrons. The first kappa shape index (κ1) is 21.7. The van der Waals surface area contributed by atoms with Crippen molar-refractivity contribution in [3.05, 3.63) is 87.1 Å². The summed E-state index contributed by atoms with van der Waals surface area (Å²) in [5.74, 6) is 1.01. The van der Waals surface area contributed by atoms with E-state index in [9.17, 15) is 4.79 Å². The number of hydrogen-bond acceptors (Lipinski definition) is 4. The lowest BCUT2D eigenvalue weighted by Crippen LogP contribution is -2.25. The van der Waals surface area contributed by atoms with Crippen LogP contribution >= 0.6 is 46.6 Å². The number of hydrogen-bond donors (Lipinski definition) is 1. The number of carbonyl (C=O) groups excluding carboxylic acids is 1. The van der Waals surface area contributed by atoms with E-state index in [-0.39, 0.29) is 12.5 Å². The van der Waals surface area contributed by atoms with Gasteiger partial charge in [0.15, 0.2) is 11.0 Å². The van der Waals surface area contributed by atoms with E-state index >= 15 is 0 Å². The van der Waals surface area contributed by atoms with Crippen LogP contribution in [0.25, 0.3) is 0 Å². The van der Waals surface area contributed by atoms with Crippen molar-refractivity contribution in [1.29, 1.82) is 0 Å². The van der Waals surface area contributed by atoms with Crippen LogP contribution < -0.4 is 5.32 Å². The van der Waals surface area contributed by atoms with E-state index in [2.05, 4.69) is 22.1 Å². The average Bonchev–Trinajstić information content (AvgIpc) is 3.09. The lowest BCUT2D eigenvalue weighted by Gasteiger charge is -2.09. The molecule has 0 bridgehead atoms. The zero-order chi connectivity index (χ0) is 20.8. The molecule has 0 aliphatic heterocycles. The number of rotatable bonds is 8. The molecule has 0 aliphatic carbocycles. The van der Waals surface area contributed by atoms with Gasteiger partial charge in [-0.05, 0) is 29.8 Å². The zero-order valence-corrected chi connectivity index (χ0v) is 18.3. The van der Waals surface area contributed by atoms with E-state index in [4.69, 9.17) is 34.8 Å². The Morgan fingerprint density at radius 2 is 1.90 bits per heavy atom. The molecule has 9 heteroatoms. The predicted molar refractivity (Wildman–Crippen MR) is 119 cm³/mol. The van der Waals surface area contributed by atoms with Crippen LogP contribution in [0.3, 0.4) is 0 Å². The van der Waals surface area contributed by atoms with Gasteiger partial charge in [-0.25, -0.2) is 0 Å². The fraction of sp³-hybridized carbons (Fsp3) is 0.150. The third-order valence-corrected chi connectivity index (χ3v) is 6.09. The number of nitrogens with zero attached hydrogens (tertiary/aromatic N) is 3. The van der Waals surface area contributed by atoms with Crippen molar-refractivity contribution in [1.82, 2.24) is 20.1 Å². The third-order valence-electron chi connectivity index (χ3n) is 3.98. The van der Waals surface area contributed by atoms with Gasteiger partial charge in [0.25, 0.3) is 5.91 Å². The first-order valence-corrected chi connectivity index (χ1v) is 10.7. The maximum absolute atomic E-state index is 12.4. The van der Waals surface area contributed by atoms with Gasteiger partial charge in [0.05, 0.1) is 27.2 Å². The minimum absolute atomic E-state index is 0.220. The van der Waals surface area contributed by atoms with Gasteiger partial charge in [0.2, 0.25) is 0 Å². The molecule has 3 aromatic rings. The molecular formula is C20H17Cl3N4OS. The monoisotopic (exact) mass is 466 g/mol. The summed E-state index contributed by atoms with van der Waals surface area (Å²) in [5, 5.41) is 13.5. The number of amides is 1. The second-order valence-corrected chi connectivity index (χ2v) is 8.16. The lowest BCUT2D eigenvalue weighted by atomic mass is 10.2. The number of benzene rings is 2. The third kappa shape index (κ3) is 5.54. The topological polar surface area (TPSA) is 59.8 Å². The highest BCUT2D eigenvalue weighted by molar-refractivity contribution is 7.98. The molecular weight excluding hydrogens is 451 g/mol. The van der Waals surface area contributed by atoms with Crippen LogP contribution in [-0.4, -0.2) is 20.7 Å². The smallest absolute Gasteiger partial charge is 0.253 e. The van der Waals surface area contributed by atoms with E-state index in [0.717, 1.165) is 10.7 Å². The van der Waals surface area contributed by atoms with Gasteiger partial charge < -0.3 is 9.88 Å². The van der Waals surface area contributed by atoms with Crippen LogP contribution in [0.1, 0.15) is 21.7 Å². The first-order valence-electron chi connectivity index (χ1n) is 8.62. The highest BCUT2D eigenvalue weighted by atomic mass is 35.5. The van der Waals surface area contributed by atoms with Crippen LogP contribution in [0.2, 0.25) is 15.1 Å². The molecule has 1 amide bonds. The SMILES string of the molecule is C=CCn1c(CNC(=O)c2ccccc2Cl)nnc1SCc1ccc(Cl)c(Cl)c1. The van der Waals surface area contributed by atoms with Crippen LogP contribution in [0.5, 0.6) is 0 Å². The summed E-state index contributed by atoms with van der Waals surface area (Å²) in [6, 6.07) is 12.4. The van der Waals surface area contributed by atoms with E-state index < -0.39 is 0 Å². The Hall–Kier alpha value is -1.99. The second-order valence-electron chi connectivity index (χ2n) is 6.00. The number of allylic oxidation sites excluding steroid dienone is 1. The summed E-state index contributed by atoms with van der Waals surface area (Å²) < 4.78 is 1.90. The molecule has 0 saturated carbocycles. The summed E-state index contributed by atoms with van der Waals surface area (Å²) in [6.45, 7) is 4.53. The molecule has 0 aliphatic rings. The molecule has 0 saturated heterocycles. The average molecular weight is 468 g/mol. The van der Waals surface area contributed by atoms with Crippen LogP contribution in [0.15, 0.2) is 60.3 Å². The maximum Gasteiger partial charge on any atom is 0.253 e. The van der Waals surface area contributed by atoms with Crippen molar-refractivity contribution in [2.75, 3.05) is 0 Å². The Kier molecular flexibility index (Phi) is 7.61. The molecule has 1 N–H and O–H groups in total. The van der Waals surface area contributed by atoms with Gasteiger partial charge >= 0.3 is 0 Å². The molecule has 1 heterocycles. The molecule has 0 spiro atoms. The number of carbonyl (C=O) groups is 1. The van der Waals surface area contributed by atoms with Gasteiger partial charge in [0, 0.05) is 12.3 Å². The highest BCUT2D eigenvalue weighted by Gasteiger charge is 2.15. The van der Waals surface area contributed by atoms with Gasteiger partial charge in [-0.15, -0.1) is 16.8 Å². The normalized spacial score (nSPS) is 10.7. The number of thioether (sulfide) groups is 1. The molecule has 0 fully saturated rings. The Balaban J connectivity index is 1.69. The first-order chi connectivity index (χ1) is 14.0. The molecule has 150 valence electrons. The minimum Gasteiger partial charge on any atom is -0.345 e. The van der Waals surface area contributed by atoms with E-state index in [0.29, 0.717) is 38.8 Å². The maximum atomic E-state index is 12.4. The van der Waals surface area contributed by atoms with E-state index in [1.807, 2.05) is 16.7 Å². The summed E-state index contributed by atoms with van der Waals surface area (Å²) in [7, 11) is 0. The van der Waals surface area contributed by atoms with Crippen molar-refractivity contribution < 1.29 is 4.79 Å². The van der Waals surface area contributed by atoms with Gasteiger partial charge in [-0.3, -0.25) is 4.79 Å².